The summed E-state index contributed by atoms with van der Waals surface area (Å²) in [7, 11) is 0. The van der Waals surface area contributed by atoms with Crippen LogP contribution in [0.3, 0.4) is 0 Å². The number of aliphatic hydroxyl groups excluding tert-OH is 1. The molecule has 0 heterocycles. The molecule has 0 aromatic heterocycles. The second kappa shape index (κ2) is 9.93. The lowest BCUT2D eigenvalue weighted by Gasteiger charge is -2.24. The monoisotopic (exact) mass is 330 g/mol. The predicted octanol–water partition coefficient (Wildman–Crippen LogP) is 3.46. The van der Waals surface area contributed by atoms with Crippen molar-refractivity contribution in [3.63, 3.8) is 0 Å². The molecule has 1 rings (SSSR count). The topological polar surface area (TPSA) is 69.7 Å². The van der Waals surface area contributed by atoms with Gasteiger partial charge in [-0.05, 0) is 38.7 Å². The van der Waals surface area contributed by atoms with Gasteiger partial charge in [-0.1, -0.05) is 19.9 Å². The van der Waals surface area contributed by atoms with Crippen molar-refractivity contribution in [1.82, 2.24) is 0 Å². The third kappa shape index (κ3) is 5.67. The van der Waals surface area contributed by atoms with Crippen molar-refractivity contribution in [3.8, 4) is 5.75 Å². The van der Waals surface area contributed by atoms with E-state index in [0.717, 1.165) is 25.2 Å². The number of hydrogen-bond donors (Lipinski definition) is 3. The highest BCUT2D eigenvalue weighted by Gasteiger charge is 2.20. The number of halogens is 1. The second-order valence-electron chi connectivity index (χ2n) is 5.98. The zero-order valence-corrected chi connectivity index (χ0v) is 14.9. The number of benzene rings is 1. The third-order valence-electron chi connectivity index (χ3n) is 3.96. The van der Waals surface area contributed by atoms with Gasteiger partial charge in [-0.2, -0.15) is 0 Å². The highest BCUT2D eigenvalue weighted by atomic mass is 35.5. The Morgan fingerprint density at radius 3 is 2.18 bits per heavy atom. The first kappa shape index (κ1) is 21.0. The quantitative estimate of drug-likeness (QED) is 0.682. The summed E-state index contributed by atoms with van der Waals surface area (Å²) >= 11 is 0. The average molecular weight is 331 g/mol. The predicted molar refractivity (Wildman–Crippen MR) is 95.9 cm³/mol. The highest BCUT2D eigenvalue weighted by molar-refractivity contribution is 5.85. The molecule has 0 saturated heterocycles. The normalized spacial score (nSPS) is 13.6. The Morgan fingerprint density at radius 2 is 1.73 bits per heavy atom. The Labute approximate surface area is 140 Å². The van der Waals surface area contributed by atoms with Crippen molar-refractivity contribution < 1.29 is 10.2 Å². The van der Waals surface area contributed by atoms with Gasteiger partial charge in [0.05, 0.1) is 12.1 Å². The van der Waals surface area contributed by atoms with Gasteiger partial charge in [0.1, 0.15) is 5.75 Å². The Balaban J connectivity index is 0.00000441. The maximum Gasteiger partial charge on any atom is 0.122 e. The molecule has 22 heavy (non-hydrogen) atoms. The van der Waals surface area contributed by atoms with Crippen molar-refractivity contribution in [2.45, 2.75) is 52.7 Å². The molecule has 128 valence electrons. The van der Waals surface area contributed by atoms with E-state index in [1.807, 2.05) is 12.1 Å². The molecular weight excluding hydrogens is 300 g/mol. The van der Waals surface area contributed by atoms with E-state index in [-0.39, 0.29) is 18.2 Å². The van der Waals surface area contributed by atoms with E-state index in [1.54, 1.807) is 6.07 Å². The molecule has 4 N–H and O–H groups in total. The van der Waals surface area contributed by atoms with E-state index in [9.17, 15) is 10.2 Å². The van der Waals surface area contributed by atoms with Crippen LogP contribution in [0.1, 0.15) is 52.1 Å². The van der Waals surface area contributed by atoms with Gasteiger partial charge in [0.2, 0.25) is 0 Å². The van der Waals surface area contributed by atoms with Crippen LogP contribution in [0.15, 0.2) is 18.2 Å². The number of phenols is 1. The number of aliphatic hydroxyl groups is 1. The summed E-state index contributed by atoms with van der Waals surface area (Å²) in [5, 5.41) is 20.4. The van der Waals surface area contributed by atoms with Crippen LogP contribution in [0.2, 0.25) is 0 Å². The first-order chi connectivity index (χ1) is 9.90. The number of hydrogen-bond acceptors (Lipinski definition) is 4. The molecule has 0 aliphatic heterocycles. The molecule has 4 nitrogen and oxygen atoms in total. The van der Waals surface area contributed by atoms with Gasteiger partial charge in [0.15, 0.2) is 0 Å². The second-order valence-corrected chi connectivity index (χ2v) is 5.98. The van der Waals surface area contributed by atoms with Crippen LogP contribution in [0, 0.1) is 5.92 Å². The number of anilines is 1. The molecule has 0 aliphatic carbocycles. The number of aromatic hydroxyl groups is 1. The molecule has 0 unspecified atom stereocenters. The Morgan fingerprint density at radius 1 is 1.14 bits per heavy atom. The minimum absolute atomic E-state index is 0. The summed E-state index contributed by atoms with van der Waals surface area (Å²) in [6.45, 7) is 10.2. The maximum absolute atomic E-state index is 10.2. The first-order valence-corrected chi connectivity index (χ1v) is 7.92. The highest BCUT2D eigenvalue weighted by Crippen LogP contribution is 2.30. The van der Waals surface area contributed by atoms with Crippen LogP contribution in [0.25, 0.3) is 0 Å². The Bertz CT molecular complexity index is 437. The molecule has 0 spiro atoms. The maximum atomic E-state index is 10.2. The number of nitrogens with two attached hydrogens (primary N) is 1. The molecule has 5 heteroatoms. The smallest absolute Gasteiger partial charge is 0.122 e. The van der Waals surface area contributed by atoms with E-state index < -0.39 is 12.1 Å². The van der Waals surface area contributed by atoms with E-state index in [2.05, 4.69) is 32.6 Å². The van der Waals surface area contributed by atoms with Gasteiger partial charge in [-0.25, -0.2) is 0 Å². The summed E-state index contributed by atoms with van der Waals surface area (Å²) in [5.41, 5.74) is 7.68. The molecule has 0 amide bonds. The summed E-state index contributed by atoms with van der Waals surface area (Å²) in [6.07, 6.45) is 0.945. The fourth-order valence-electron chi connectivity index (χ4n) is 2.49. The van der Waals surface area contributed by atoms with Crippen molar-refractivity contribution >= 4 is 18.1 Å². The number of phenolic OH excluding ortho intramolecular Hbond substituents is 1. The largest absolute Gasteiger partial charge is 0.508 e. The molecule has 0 bridgehead atoms. The molecular formula is C17H31ClN2O2. The Kier molecular flexibility index (Phi) is 9.49. The zero-order chi connectivity index (χ0) is 16.0. The molecule has 2 atom stereocenters. The summed E-state index contributed by atoms with van der Waals surface area (Å²) in [6, 6.07) is 4.97. The van der Waals surface area contributed by atoms with Crippen LogP contribution < -0.4 is 10.6 Å². The molecule has 0 fully saturated rings. The van der Waals surface area contributed by atoms with Gasteiger partial charge in [0.25, 0.3) is 0 Å². The number of nitrogens with zero attached hydrogens (tertiary/aromatic N) is 1. The molecule has 1 aromatic rings. The first-order valence-electron chi connectivity index (χ1n) is 7.92. The van der Waals surface area contributed by atoms with Crippen molar-refractivity contribution in [2.24, 2.45) is 11.7 Å². The lowest BCUT2D eigenvalue weighted by Crippen LogP contribution is -2.27. The fraction of sp³-hybridized carbons (Fsp3) is 0.647. The lowest BCUT2D eigenvalue weighted by molar-refractivity contribution is 0.127. The van der Waals surface area contributed by atoms with E-state index in [4.69, 9.17) is 5.73 Å². The minimum atomic E-state index is -0.627. The fourth-order valence-corrected chi connectivity index (χ4v) is 2.49. The zero-order valence-electron chi connectivity index (χ0n) is 14.1. The Hall–Kier alpha value is -0.970. The molecule has 0 aliphatic rings. The van der Waals surface area contributed by atoms with Gasteiger partial charge in [-0.3, -0.25) is 0 Å². The summed E-state index contributed by atoms with van der Waals surface area (Å²) in [5.74, 6) is 0.695. The van der Waals surface area contributed by atoms with Gasteiger partial charge in [0, 0.05) is 30.4 Å². The van der Waals surface area contributed by atoms with Crippen LogP contribution in [0.4, 0.5) is 5.69 Å². The minimum Gasteiger partial charge on any atom is -0.508 e. The van der Waals surface area contributed by atoms with Crippen molar-refractivity contribution in [3.05, 3.63) is 23.8 Å². The van der Waals surface area contributed by atoms with Gasteiger partial charge >= 0.3 is 0 Å². The van der Waals surface area contributed by atoms with Gasteiger partial charge in [-0.15, -0.1) is 12.4 Å². The van der Waals surface area contributed by atoms with Gasteiger partial charge < -0.3 is 20.8 Å². The summed E-state index contributed by atoms with van der Waals surface area (Å²) < 4.78 is 0. The van der Waals surface area contributed by atoms with Crippen molar-refractivity contribution in [1.29, 1.82) is 0 Å². The molecule has 0 radical (unpaired) electrons. The van der Waals surface area contributed by atoms with Crippen LogP contribution in [-0.2, 0) is 0 Å². The average Bonchev–Trinajstić information content (AvgIpc) is 2.45. The van der Waals surface area contributed by atoms with Crippen molar-refractivity contribution in [2.75, 3.05) is 18.0 Å². The number of rotatable bonds is 8. The lowest BCUT2D eigenvalue weighted by atomic mass is 9.95. The van der Waals surface area contributed by atoms with E-state index >= 15 is 0 Å². The van der Waals surface area contributed by atoms with E-state index in [0.29, 0.717) is 17.9 Å². The summed E-state index contributed by atoms with van der Waals surface area (Å²) in [4.78, 5) is 2.16. The molecule has 1 aromatic carbocycles. The van der Waals surface area contributed by atoms with E-state index in [1.165, 1.54) is 0 Å². The van der Waals surface area contributed by atoms with Crippen LogP contribution >= 0.6 is 12.4 Å². The molecule has 0 saturated carbocycles. The van der Waals surface area contributed by atoms with Crippen LogP contribution in [0.5, 0.6) is 5.75 Å². The SMILES string of the molecule is CCN(CC)c1ccc([C@H](N)[C@H](O)CCC(C)C)c(O)c1.Cl. The third-order valence-corrected chi connectivity index (χ3v) is 3.96. The van der Waals surface area contributed by atoms with Crippen LogP contribution in [-0.4, -0.2) is 29.4 Å². The standard InChI is InChI=1S/C17H30N2O2.ClH/c1-5-19(6-2)13-8-9-14(16(21)11-13)17(18)15(20)10-7-12(3)4;/h8-9,11-12,15,17,20-21H,5-7,10,18H2,1-4H3;1H/t15-,17+;/m1./s1.